The summed E-state index contributed by atoms with van der Waals surface area (Å²) in [6.07, 6.45) is 0. The number of nitrogen functional groups attached to an aromatic ring is 1. The van der Waals surface area contributed by atoms with Gasteiger partial charge in [0.2, 0.25) is 5.88 Å². The van der Waals surface area contributed by atoms with E-state index in [1.165, 1.54) is 18.2 Å². The summed E-state index contributed by atoms with van der Waals surface area (Å²) in [5.74, 6) is -0.994. The van der Waals surface area contributed by atoms with E-state index in [2.05, 4.69) is 5.16 Å². The summed E-state index contributed by atoms with van der Waals surface area (Å²) >= 11 is 0. The van der Waals surface area contributed by atoms with Gasteiger partial charge in [-0.2, -0.15) is 0 Å². The second kappa shape index (κ2) is 4.77. The summed E-state index contributed by atoms with van der Waals surface area (Å²) in [6.45, 7) is 0. The molecule has 0 aliphatic rings. The molecule has 20 heavy (non-hydrogen) atoms. The van der Waals surface area contributed by atoms with Crippen molar-refractivity contribution in [1.29, 1.82) is 0 Å². The van der Waals surface area contributed by atoms with E-state index >= 15 is 0 Å². The number of aromatic nitrogens is 1. The molecule has 0 unspecified atom stereocenters. The Kier molecular flexibility index (Phi) is 2.95. The van der Waals surface area contributed by atoms with E-state index in [0.717, 1.165) is 0 Å². The number of nitrogens with zero attached hydrogens (tertiary/aromatic N) is 1. The average molecular weight is 272 g/mol. The predicted molar refractivity (Wildman–Crippen MR) is 71.7 cm³/mol. The third-order valence-electron chi connectivity index (χ3n) is 2.99. The van der Waals surface area contributed by atoms with Gasteiger partial charge in [0.25, 0.3) is 0 Å². The summed E-state index contributed by atoms with van der Waals surface area (Å²) in [7, 11) is 0. The van der Waals surface area contributed by atoms with Gasteiger partial charge in [-0.15, -0.1) is 0 Å². The van der Waals surface area contributed by atoms with E-state index in [0.29, 0.717) is 0 Å². The fraction of sp³-hybridized carbons (Fsp3) is 0. The molecule has 0 bridgehead atoms. The number of rotatable bonds is 2. The largest absolute Gasteiger partial charge is 0.367 e. The third-order valence-corrected chi connectivity index (χ3v) is 2.99. The van der Waals surface area contributed by atoms with Gasteiger partial charge in [0.05, 0.1) is 5.56 Å². The Balaban J connectivity index is 2.26. The minimum atomic E-state index is -0.474. The molecule has 0 radical (unpaired) electrons. The van der Waals surface area contributed by atoms with E-state index in [1.807, 2.05) is 0 Å². The summed E-state index contributed by atoms with van der Waals surface area (Å²) in [5, 5.41) is 3.76. The highest BCUT2D eigenvalue weighted by Gasteiger charge is 2.21. The Morgan fingerprint density at radius 3 is 2.00 bits per heavy atom. The second-order valence-corrected chi connectivity index (χ2v) is 4.23. The van der Waals surface area contributed by atoms with Crippen LogP contribution in [0.2, 0.25) is 0 Å². The Labute approximate surface area is 113 Å². The van der Waals surface area contributed by atoms with Crippen LogP contribution >= 0.6 is 0 Å². The summed E-state index contributed by atoms with van der Waals surface area (Å²) in [4.78, 5) is 0. The number of benzene rings is 2. The van der Waals surface area contributed by atoms with Gasteiger partial charge in [-0.25, -0.2) is 8.78 Å². The molecule has 0 amide bonds. The van der Waals surface area contributed by atoms with Crippen LogP contribution < -0.4 is 5.73 Å². The first-order valence-electron chi connectivity index (χ1n) is 5.93. The van der Waals surface area contributed by atoms with Crippen molar-refractivity contribution in [2.24, 2.45) is 0 Å². The molecule has 2 N–H and O–H groups in total. The van der Waals surface area contributed by atoms with Gasteiger partial charge in [-0.1, -0.05) is 35.5 Å². The SMILES string of the molecule is Nc1onc(-c2ccccc2F)c1-c1ccccc1F. The molecular formula is C15H10F2N2O. The Bertz CT molecular complexity index is 768. The van der Waals surface area contributed by atoms with Crippen LogP contribution in [0.15, 0.2) is 53.1 Å². The Morgan fingerprint density at radius 1 is 0.850 bits per heavy atom. The molecule has 0 aliphatic carbocycles. The van der Waals surface area contributed by atoms with Gasteiger partial charge in [0.15, 0.2) is 0 Å². The maximum Gasteiger partial charge on any atom is 0.230 e. The molecule has 0 saturated carbocycles. The standard InChI is InChI=1S/C15H10F2N2O/c16-11-7-3-1-5-9(11)13-14(19-20-15(13)18)10-6-2-4-8-12(10)17/h1-8H,18H2. The lowest BCUT2D eigenvalue weighted by Crippen LogP contribution is -1.92. The van der Waals surface area contributed by atoms with Crippen LogP contribution in [0.4, 0.5) is 14.7 Å². The lowest BCUT2D eigenvalue weighted by Gasteiger charge is -2.04. The van der Waals surface area contributed by atoms with Gasteiger partial charge in [-0.3, -0.25) is 0 Å². The number of anilines is 1. The Hall–Kier alpha value is -2.69. The quantitative estimate of drug-likeness (QED) is 0.770. The van der Waals surface area contributed by atoms with Crippen molar-refractivity contribution >= 4 is 5.88 Å². The highest BCUT2D eigenvalue weighted by Crippen LogP contribution is 2.38. The zero-order valence-electron chi connectivity index (χ0n) is 10.3. The van der Waals surface area contributed by atoms with Gasteiger partial charge >= 0.3 is 0 Å². The normalized spacial score (nSPS) is 10.7. The van der Waals surface area contributed by atoms with Crippen molar-refractivity contribution in [2.75, 3.05) is 5.73 Å². The molecule has 0 saturated heterocycles. The van der Waals surface area contributed by atoms with Crippen LogP contribution in [0.1, 0.15) is 0 Å². The fourth-order valence-electron chi connectivity index (χ4n) is 2.06. The van der Waals surface area contributed by atoms with E-state index in [-0.39, 0.29) is 28.3 Å². The summed E-state index contributed by atoms with van der Waals surface area (Å²) in [6, 6.07) is 12.1. The minimum Gasteiger partial charge on any atom is -0.367 e. The fourth-order valence-corrected chi connectivity index (χ4v) is 2.06. The third kappa shape index (κ3) is 1.93. The lowest BCUT2D eigenvalue weighted by molar-refractivity contribution is 0.439. The zero-order chi connectivity index (χ0) is 14.1. The highest BCUT2D eigenvalue weighted by atomic mass is 19.1. The summed E-state index contributed by atoms with van der Waals surface area (Å²) < 4.78 is 32.7. The second-order valence-electron chi connectivity index (χ2n) is 4.23. The van der Waals surface area contributed by atoms with Gasteiger partial charge in [-0.05, 0) is 18.2 Å². The number of hydrogen-bond acceptors (Lipinski definition) is 3. The molecule has 3 nitrogen and oxygen atoms in total. The smallest absolute Gasteiger partial charge is 0.230 e. The molecule has 0 fully saturated rings. The molecule has 3 rings (SSSR count). The predicted octanol–water partition coefficient (Wildman–Crippen LogP) is 3.87. The zero-order valence-corrected chi connectivity index (χ0v) is 10.3. The maximum absolute atomic E-state index is 13.9. The van der Waals surface area contributed by atoms with E-state index < -0.39 is 11.6 Å². The maximum atomic E-state index is 13.9. The highest BCUT2D eigenvalue weighted by molar-refractivity contribution is 5.87. The molecule has 0 spiro atoms. The van der Waals surface area contributed by atoms with Crippen LogP contribution in [0.3, 0.4) is 0 Å². The van der Waals surface area contributed by atoms with Crippen molar-refractivity contribution in [3.63, 3.8) is 0 Å². The molecule has 1 aromatic heterocycles. The van der Waals surface area contributed by atoms with Crippen molar-refractivity contribution in [3.05, 3.63) is 60.2 Å². The lowest BCUT2D eigenvalue weighted by atomic mass is 10.0. The molecule has 100 valence electrons. The molecule has 0 aliphatic heterocycles. The van der Waals surface area contributed by atoms with Crippen molar-refractivity contribution < 1.29 is 13.3 Å². The first kappa shape index (κ1) is 12.3. The van der Waals surface area contributed by atoms with Crippen LogP contribution in [0, 0.1) is 11.6 Å². The van der Waals surface area contributed by atoms with E-state index in [4.69, 9.17) is 10.3 Å². The molecule has 0 atom stereocenters. The van der Waals surface area contributed by atoms with Crippen LogP contribution in [0.25, 0.3) is 22.4 Å². The first-order valence-corrected chi connectivity index (χ1v) is 5.93. The van der Waals surface area contributed by atoms with Crippen LogP contribution in [-0.4, -0.2) is 5.16 Å². The van der Waals surface area contributed by atoms with Gasteiger partial charge in [0.1, 0.15) is 17.3 Å². The molecular weight excluding hydrogens is 262 g/mol. The monoisotopic (exact) mass is 272 g/mol. The van der Waals surface area contributed by atoms with Crippen LogP contribution in [-0.2, 0) is 0 Å². The number of hydrogen-bond donors (Lipinski definition) is 1. The van der Waals surface area contributed by atoms with Gasteiger partial charge < -0.3 is 10.3 Å². The van der Waals surface area contributed by atoms with E-state index in [9.17, 15) is 8.78 Å². The molecule has 5 heteroatoms. The number of halogens is 2. The van der Waals surface area contributed by atoms with Crippen molar-refractivity contribution in [2.45, 2.75) is 0 Å². The van der Waals surface area contributed by atoms with Gasteiger partial charge in [0, 0.05) is 11.1 Å². The average Bonchev–Trinajstić information content (AvgIpc) is 2.82. The van der Waals surface area contributed by atoms with E-state index in [1.54, 1.807) is 30.3 Å². The molecule has 1 heterocycles. The topological polar surface area (TPSA) is 52.0 Å². The van der Waals surface area contributed by atoms with Crippen molar-refractivity contribution in [3.8, 4) is 22.4 Å². The summed E-state index contributed by atoms with van der Waals surface area (Å²) in [5.41, 5.74) is 6.60. The molecule has 3 aromatic rings. The van der Waals surface area contributed by atoms with Crippen molar-refractivity contribution in [1.82, 2.24) is 5.16 Å². The number of nitrogens with two attached hydrogens (primary N) is 1. The first-order chi connectivity index (χ1) is 9.68. The minimum absolute atomic E-state index is 0.0478. The Morgan fingerprint density at radius 2 is 1.40 bits per heavy atom. The van der Waals surface area contributed by atoms with Crippen LogP contribution in [0.5, 0.6) is 0 Å². The molecule has 2 aromatic carbocycles.